The standard InChI is InChI=1S/C12H9BrF3N3S/c1-17-11-9(13)6-18-10(19-11)7-2-4-8(5-3-7)20-12(14,15)16/h2-6H,1H3,(H,17,18,19). The van der Waals surface area contributed by atoms with E-state index in [9.17, 15) is 13.2 Å². The highest BCUT2D eigenvalue weighted by Crippen LogP contribution is 2.37. The van der Waals surface area contributed by atoms with Crippen LogP contribution in [0, 0.1) is 0 Å². The number of rotatable bonds is 3. The van der Waals surface area contributed by atoms with Crippen molar-refractivity contribution in [3.8, 4) is 11.4 Å². The molecule has 1 aromatic carbocycles. The normalized spacial score (nSPS) is 11.4. The van der Waals surface area contributed by atoms with Crippen LogP contribution in [0.4, 0.5) is 19.0 Å². The summed E-state index contributed by atoms with van der Waals surface area (Å²) in [6, 6.07) is 5.93. The fourth-order valence-electron chi connectivity index (χ4n) is 1.49. The number of benzene rings is 1. The lowest BCUT2D eigenvalue weighted by Crippen LogP contribution is -1.99. The van der Waals surface area contributed by atoms with Gasteiger partial charge in [-0.1, -0.05) is 12.1 Å². The highest BCUT2D eigenvalue weighted by atomic mass is 79.9. The zero-order valence-electron chi connectivity index (χ0n) is 10.2. The zero-order chi connectivity index (χ0) is 14.8. The molecule has 0 saturated heterocycles. The average molecular weight is 364 g/mol. The maximum Gasteiger partial charge on any atom is 0.446 e. The molecule has 0 atom stereocenters. The molecule has 0 bridgehead atoms. The Hall–Kier alpha value is -1.28. The van der Waals surface area contributed by atoms with E-state index in [1.54, 1.807) is 25.4 Å². The van der Waals surface area contributed by atoms with Crippen molar-refractivity contribution in [3.05, 3.63) is 34.9 Å². The Morgan fingerprint density at radius 1 is 1.20 bits per heavy atom. The molecular formula is C12H9BrF3N3S. The summed E-state index contributed by atoms with van der Waals surface area (Å²) in [4.78, 5) is 8.53. The molecule has 0 aliphatic heterocycles. The highest BCUT2D eigenvalue weighted by Gasteiger charge is 2.29. The second kappa shape index (κ2) is 6.01. The van der Waals surface area contributed by atoms with Crippen molar-refractivity contribution in [2.45, 2.75) is 10.4 Å². The molecule has 106 valence electrons. The van der Waals surface area contributed by atoms with E-state index in [4.69, 9.17) is 0 Å². The van der Waals surface area contributed by atoms with Crippen LogP contribution in [0.3, 0.4) is 0 Å². The van der Waals surface area contributed by atoms with E-state index < -0.39 is 5.51 Å². The number of halogens is 4. The Balaban J connectivity index is 2.26. The quantitative estimate of drug-likeness (QED) is 0.811. The molecule has 0 aliphatic rings. The highest BCUT2D eigenvalue weighted by molar-refractivity contribution is 9.10. The Labute approximate surface area is 126 Å². The Bertz CT molecular complexity index is 602. The predicted molar refractivity (Wildman–Crippen MR) is 76.6 cm³/mol. The van der Waals surface area contributed by atoms with Gasteiger partial charge in [-0.2, -0.15) is 13.2 Å². The van der Waals surface area contributed by atoms with Gasteiger partial charge in [0, 0.05) is 23.7 Å². The molecule has 20 heavy (non-hydrogen) atoms. The Morgan fingerprint density at radius 3 is 2.40 bits per heavy atom. The van der Waals surface area contributed by atoms with Gasteiger partial charge in [-0.3, -0.25) is 0 Å². The third kappa shape index (κ3) is 3.86. The molecule has 0 fully saturated rings. The van der Waals surface area contributed by atoms with E-state index >= 15 is 0 Å². The van der Waals surface area contributed by atoms with Crippen LogP contribution in [0.1, 0.15) is 0 Å². The summed E-state index contributed by atoms with van der Waals surface area (Å²) in [5.41, 5.74) is -3.63. The first-order chi connectivity index (χ1) is 9.39. The van der Waals surface area contributed by atoms with Crippen LogP contribution >= 0.6 is 27.7 Å². The van der Waals surface area contributed by atoms with Gasteiger partial charge in [0.1, 0.15) is 5.82 Å². The van der Waals surface area contributed by atoms with Crippen molar-refractivity contribution in [2.24, 2.45) is 0 Å². The molecule has 3 nitrogen and oxygen atoms in total. The van der Waals surface area contributed by atoms with E-state index in [2.05, 4.69) is 31.2 Å². The summed E-state index contributed by atoms with van der Waals surface area (Å²) in [5.74, 6) is 1.06. The maximum absolute atomic E-state index is 12.2. The zero-order valence-corrected chi connectivity index (χ0v) is 12.6. The number of anilines is 1. The minimum absolute atomic E-state index is 0.132. The van der Waals surface area contributed by atoms with E-state index in [-0.39, 0.29) is 16.7 Å². The van der Waals surface area contributed by atoms with Gasteiger partial charge in [0.2, 0.25) is 0 Å². The topological polar surface area (TPSA) is 37.8 Å². The lowest BCUT2D eigenvalue weighted by molar-refractivity contribution is -0.0328. The van der Waals surface area contributed by atoms with Gasteiger partial charge in [0.05, 0.1) is 4.47 Å². The molecule has 0 aliphatic carbocycles. The monoisotopic (exact) mass is 363 g/mol. The fourth-order valence-corrected chi connectivity index (χ4v) is 2.42. The number of nitrogens with zero attached hydrogens (tertiary/aromatic N) is 2. The van der Waals surface area contributed by atoms with Gasteiger partial charge in [-0.25, -0.2) is 9.97 Å². The van der Waals surface area contributed by atoms with Gasteiger partial charge >= 0.3 is 5.51 Å². The van der Waals surface area contributed by atoms with E-state index in [0.29, 0.717) is 21.7 Å². The van der Waals surface area contributed by atoms with Crippen LogP contribution in [0.2, 0.25) is 0 Å². The first-order valence-electron chi connectivity index (χ1n) is 5.45. The molecule has 1 aromatic heterocycles. The summed E-state index contributed by atoms with van der Waals surface area (Å²) in [6.07, 6.45) is 1.59. The van der Waals surface area contributed by atoms with Crippen LogP contribution in [0.25, 0.3) is 11.4 Å². The van der Waals surface area contributed by atoms with Crippen molar-refractivity contribution in [1.82, 2.24) is 9.97 Å². The maximum atomic E-state index is 12.2. The van der Waals surface area contributed by atoms with Gasteiger partial charge in [-0.05, 0) is 39.8 Å². The third-order valence-corrected chi connectivity index (χ3v) is 3.65. The molecule has 0 unspecified atom stereocenters. The summed E-state index contributed by atoms with van der Waals surface area (Å²) in [6.45, 7) is 0. The Morgan fingerprint density at radius 2 is 1.85 bits per heavy atom. The summed E-state index contributed by atoms with van der Waals surface area (Å²) in [5, 5.41) is 2.90. The van der Waals surface area contributed by atoms with Gasteiger partial charge in [0.25, 0.3) is 0 Å². The molecule has 2 rings (SSSR count). The van der Waals surface area contributed by atoms with Crippen LogP contribution in [0.15, 0.2) is 39.8 Å². The molecule has 0 radical (unpaired) electrons. The van der Waals surface area contributed by atoms with Crippen LogP contribution in [0.5, 0.6) is 0 Å². The van der Waals surface area contributed by atoms with Crippen molar-refractivity contribution in [3.63, 3.8) is 0 Å². The lowest BCUT2D eigenvalue weighted by Gasteiger charge is -2.07. The number of hydrogen-bond acceptors (Lipinski definition) is 4. The molecule has 1 N–H and O–H groups in total. The number of hydrogen-bond donors (Lipinski definition) is 1. The first kappa shape index (κ1) is 15.1. The fraction of sp³-hybridized carbons (Fsp3) is 0.167. The number of alkyl halides is 3. The second-order valence-corrected chi connectivity index (χ2v) is 5.71. The SMILES string of the molecule is CNc1nc(-c2ccc(SC(F)(F)F)cc2)ncc1Br. The van der Waals surface area contributed by atoms with Gasteiger partial charge in [-0.15, -0.1) is 0 Å². The number of nitrogens with one attached hydrogen (secondary N) is 1. The van der Waals surface area contributed by atoms with Crippen molar-refractivity contribution in [1.29, 1.82) is 0 Å². The molecule has 0 spiro atoms. The molecule has 2 aromatic rings. The first-order valence-corrected chi connectivity index (χ1v) is 7.06. The molecule has 0 amide bonds. The van der Waals surface area contributed by atoms with Crippen molar-refractivity contribution < 1.29 is 13.2 Å². The van der Waals surface area contributed by atoms with Crippen molar-refractivity contribution in [2.75, 3.05) is 12.4 Å². The molecule has 0 saturated carbocycles. The van der Waals surface area contributed by atoms with Crippen LogP contribution < -0.4 is 5.32 Å². The third-order valence-electron chi connectivity index (χ3n) is 2.33. The van der Waals surface area contributed by atoms with E-state index in [0.717, 1.165) is 0 Å². The summed E-state index contributed by atoms with van der Waals surface area (Å²) < 4.78 is 37.4. The number of thioether (sulfide) groups is 1. The summed E-state index contributed by atoms with van der Waals surface area (Å²) >= 11 is 3.15. The predicted octanol–water partition coefficient (Wildman–Crippen LogP) is 4.56. The lowest BCUT2D eigenvalue weighted by atomic mass is 10.2. The smallest absolute Gasteiger partial charge is 0.372 e. The van der Waals surface area contributed by atoms with E-state index in [1.807, 2.05) is 0 Å². The minimum atomic E-state index is -4.28. The van der Waals surface area contributed by atoms with Gasteiger partial charge < -0.3 is 5.32 Å². The average Bonchev–Trinajstić information content (AvgIpc) is 2.38. The molecule has 1 heterocycles. The van der Waals surface area contributed by atoms with E-state index in [1.165, 1.54) is 12.1 Å². The second-order valence-electron chi connectivity index (χ2n) is 3.71. The van der Waals surface area contributed by atoms with Crippen molar-refractivity contribution >= 4 is 33.5 Å². The largest absolute Gasteiger partial charge is 0.446 e. The van der Waals surface area contributed by atoms with Crippen LogP contribution in [-0.4, -0.2) is 22.5 Å². The Kier molecular flexibility index (Phi) is 4.54. The van der Waals surface area contributed by atoms with Crippen LogP contribution in [-0.2, 0) is 0 Å². The summed E-state index contributed by atoms with van der Waals surface area (Å²) in [7, 11) is 1.72. The van der Waals surface area contributed by atoms with Gasteiger partial charge in [0.15, 0.2) is 5.82 Å². The number of aromatic nitrogens is 2. The minimum Gasteiger partial charge on any atom is -0.372 e. The molecular weight excluding hydrogens is 355 g/mol. The molecule has 8 heteroatoms.